The first-order chi connectivity index (χ1) is 12.8. The molecule has 0 spiro atoms. The van der Waals surface area contributed by atoms with E-state index in [4.69, 9.17) is 4.74 Å². The van der Waals surface area contributed by atoms with Crippen molar-refractivity contribution in [2.75, 3.05) is 13.1 Å². The summed E-state index contributed by atoms with van der Waals surface area (Å²) in [6, 6.07) is 9.09. The van der Waals surface area contributed by atoms with Crippen molar-refractivity contribution in [1.82, 2.24) is 9.65 Å². The van der Waals surface area contributed by atoms with Crippen molar-refractivity contribution in [2.24, 2.45) is 4.74 Å². The Labute approximate surface area is 160 Å². The molecule has 1 atom stereocenters. The lowest BCUT2D eigenvalue weighted by atomic mass is 10.2. The molecule has 1 aliphatic rings. The maximum atomic E-state index is 11.3. The van der Waals surface area contributed by atoms with E-state index in [9.17, 15) is 10.1 Å². The van der Waals surface area contributed by atoms with Crippen molar-refractivity contribution in [2.45, 2.75) is 45.7 Å². The standard InChI is InChI=1S/C20H27N4O2P/c1-16-7-8-17(24(25)26)15-19(16)22-27(20(2,3)4,23-13-5-6-14-23)18-9-11-21-12-10-18/h7-12,15H,5-6,13-14H2,1-4H3/t27-/m1/s1. The number of nitrogens with zero attached hydrogens (tertiary/aromatic N) is 4. The minimum absolute atomic E-state index is 0.0857. The highest BCUT2D eigenvalue weighted by Crippen LogP contribution is 2.65. The average Bonchev–Trinajstić information content (AvgIpc) is 3.15. The van der Waals surface area contributed by atoms with E-state index in [1.807, 2.05) is 19.3 Å². The van der Waals surface area contributed by atoms with Crippen LogP contribution >= 0.6 is 7.21 Å². The topological polar surface area (TPSA) is 71.6 Å². The van der Waals surface area contributed by atoms with E-state index >= 15 is 0 Å². The molecule has 1 aromatic heterocycles. The molecule has 3 rings (SSSR count). The van der Waals surface area contributed by atoms with Crippen LogP contribution in [0.4, 0.5) is 11.4 Å². The molecule has 0 N–H and O–H groups in total. The van der Waals surface area contributed by atoms with E-state index in [0.717, 1.165) is 37.2 Å². The molecular weight excluding hydrogens is 359 g/mol. The number of hydrogen-bond donors (Lipinski definition) is 0. The molecule has 0 radical (unpaired) electrons. The third-order valence-corrected chi connectivity index (χ3v) is 9.72. The van der Waals surface area contributed by atoms with Gasteiger partial charge in [-0.3, -0.25) is 19.8 Å². The van der Waals surface area contributed by atoms with E-state index in [1.54, 1.807) is 18.2 Å². The number of non-ortho nitro benzene ring substituents is 1. The van der Waals surface area contributed by atoms with Crippen LogP contribution in [0.15, 0.2) is 47.5 Å². The highest BCUT2D eigenvalue weighted by Gasteiger charge is 2.42. The minimum Gasteiger partial charge on any atom is -0.265 e. The Morgan fingerprint density at radius 2 is 1.78 bits per heavy atom. The summed E-state index contributed by atoms with van der Waals surface area (Å²) in [5.74, 6) is 0. The number of hydrogen-bond acceptors (Lipinski definition) is 4. The van der Waals surface area contributed by atoms with E-state index in [-0.39, 0.29) is 15.8 Å². The molecule has 7 heteroatoms. The van der Waals surface area contributed by atoms with Gasteiger partial charge in [-0.05, 0) is 37.5 Å². The number of nitro groups is 1. The molecule has 0 amide bonds. The van der Waals surface area contributed by atoms with Gasteiger partial charge >= 0.3 is 0 Å². The molecule has 0 aliphatic carbocycles. The Morgan fingerprint density at radius 1 is 1.15 bits per heavy atom. The Kier molecular flexibility index (Phi) is 5.50. The molecule has 27 heavy (non-hydrogen) atoms. The lowest BCUT2D eigenvalue weighted by molar-refractivity contribution is -0.384. The zero-order valence-electron chi connectivity index (χ0n) is 16.4. The summed E-state index contributed by atoms with van der Waals surface area (Å²) in [7, 11) is -2.18. The number of nitro benzene ring substituents is 1. The molecule has 1 saturated heterocycles. The summed E-state index contributed by atoms with van der Waals surface area (Å²) in [4.78, 5) is 15.2. The van der Waals surface area contributed by atoms with Gasteiger partial charge in [-0.2, -0.15) is 0 Å². The van der Waals surface area contributed by atoms with Gasteiger partial charge in [0.15, 0.2) is 0 Å². The fraction of sp³-hybridized carbons (Fsp3) is 0.450. The van der Waals surface area contributed by atoms with Crippen LogP contribution in [0, 0.1) is 17.0 Å². The predicted molar refractivity (Wildman–Crippen MR) is 111 cm³/mol. The van der Waals surface area contributed by atoms with Crippen LogP contribution in [-0.2, 0) is 0 Å². The van der Waals surface area contributed by atoms with Crippen molar-refractivity contribution >= 4 is 23.9 Å². The largest absolute Gasteiger partial charge is 0.271 e. The van der Waals surface area contributed by atoms with Gasteiger partial charge in [0.2, 0.25) is 0 Å². The highest BCUT2D eigenvalue weighted by molar-refractivity contribution is 7.73. The summed E-state index contributed by atoms with van der Waals surface area (Å²) < 4.78 is 7.89. The first-order valence-corrected chi connectivity index (χ1v) is 11.0. The van der Waals surface area contributed by atoms with Gasteiger partial charge < -0.3 is 0 Å². The first kappa shape index (κ1) is 19.7. The second-order valence-electron chi connectivity index (χ2n) is 7.97. The summed E-state index contributed by atoms with van der Waals surface area (Å²) in [6.07, 6.45) is 5.96. The lowest BCUT2D eigenvalue weighted by Gasteiger charge is -2.44. The van der Waals surface area contributed by atoms with Crippen molar-refractivity contribution in [1.29, 1.82) is 0 Å². The predicted octanol–water partition coefficient (Wildman–Crippen LogP) is 5.27. The number of rotatable bonds is 4. The second kappa shape index (κ2) is 7.53. The van der Waals surface area contributed by atoms with Crippen molar-refractivity contribution in [3.63, 3.8) is 0 Å². The summed E-state index contributed by atoms with van der Waals surface area (Å²) in [5.41, 5.74) is 1.76. The van der Waals surface area contributed by atoms with Gasteiger partial charge in [-0.15, -0.1) is 0 Å². The van der Waals surface area contributed by atoms with Crippen LogP contribution in [-0.4, -0.2) is 32.8 Å². The smallest absolute Gasteiger partial charge is 0.265 e. The Hall–Kier alpha value is -2.04. The van der Waals surface area contributed by atoms with E-state index in [2.05, 4.69) is 42.6 Å². The van der Waals surface area contributed by atoms with Crippen LogP contribution in [0.3, 0.4) is 0 Å². The van der Waals surface area contributed by atoms with Gasteiger partial charge in [-0.1, -0.05) is 26.8 Å². The zero-order valence-corrected chi connectivity index (χ0v) is 17.3. The molecule has 0 saturated carbocycles. The number of aryl methyl sites for hydroxylation is 1. The van der Waals surface area contributed by atoms with Crippen LogP contribution < -0.4 is 5.30 Å². The van der Waals surface area contributed by atoms with Crippen LogP contribution in [0.1, 0.15) is 39.2 Å². The molecule has 1 fully saturated rings. The molecular formula is C20H27N4O2P. The van der Waals surface area contributed by atoms with Gasteiger partial charge in [0.1, 0.15) is 0 Å². The number of pyridine rings is 1. The van der Waals surface area contributed by atoms with Crippen LogP contribution in [0.2, 0.25) is 0 Å². The maximum absolute atomic E-state index is 11.3. The van der Waals surface area contributed by atoms with Crippen molar-refractivity contribution < 1.29 is 4.92 Å². The zero-order chi connectivity index (χ0) is 19.7. The Balaban J connectivity index is 2.35. The van der Waals surface area contributed by atoms with Crippen LogP contribution in [0.25, 0.3) is 0 Å². The van der Waals surface area contributed by atoms with Crippen molar-refractivity contribution in [3.05, 3.63) is 58.4 Å². The number of aromatic nitrogens is 1. The Bertz CT molecular complexity index is 885. The quantitative estimate of drug-likeness (QED) is 0.408. The maximum Gasteiger partial charge on any atom is 0.271 e. The summed E-state index contributed by atoms with van der Waals surface area (Å²) in [6.45, 7) is 10.7. The molecule has 144 valence electrons. The average molecular weight is 386 g/mol. The number of benzene rings is 1. The van der Waals surface area contributed by atoms with Gasteiger partial charge in [0.25, 0.3) is 5.69 Å². The van der Waals surface area contributed by atoms with Gasteiger partial charge in [-0.25, -0.2) is 4.74 Å². The van der Waals surface area contributed by atoms with Crippen molar-refractivity contribution in [3.8, 4) is 0 Å². The third-order valence-electron chi connectivity index (χ3n) is 5.11. The molecule has 1 aliphatic heterocycles. The summed E-state index contributed by atoms with van der Waals surface area (Å²) in [5, 5.41) is 12.4. The second-order valence-corrected chi connectivity index (χ2v) is 11.8. The fourth-order valence-corrected chi connectivity index (χ4v) is 8.19. The fourth-order valence-electron chi connectivity index (χ4n) is 3.76. The van der Waals surface area contributed by atoms with Gasteiger partial charge in [0.05, 0.1) is 17.8 Å². The Morgan fingerprint density at radius 3 is 2.33 bits per heavy atom. The minimum atomic E-state index is -2.18. The van der Waals surface area contributed by atoms with E-state index in [1.165, 1.54) is 5.30 Å². The molecule has 2 heterocycles. The van der Waals surface area contributed by atoms with Gasteiger partial charge in [0, 0.05) is 48.1 Å². The molecule has 2 aromatic rings. The highest BCUT2D eigenvalue weighted by atomic mass is 31.2. The van der Waals surface area contributed by atoms with Crippen LogP contribution in [0.5, 0.6) is 0 Å². The third kappa shape index (κ3) is 3.69. The SMILES string of the molecule is Cc1ccc([N+](=O)[O-])cc1N=[P@](c1ccncc1)(N1CCCC1)C(C)(C)C. The van der Waals surface area contributed by atoms with E-state index < -0.39 is 7.21 Å². The first-order valence-electron chi connectivity index (χ1n) is 9.29. The monoisotopic (exact) mass is 386 g/mol. The lowest BCUT2D eigenvalue weighted by Crippen LogP contribution is -2.35. The van der Waals surface area contributed by atoms with E-state index in [0.29, 0.717) is 0 Å². The molecule has 0 unspecified atom stereocenters. The molecule has 6 nitrogen and oxygen atoms in total. The molecule has 1 aromatic carbocycles. The molecule has 0 bridgehead atoms. The normalized spacial score (nSPS) is 17.5. The summed E-state index contributed by atoms with van der Waals surface area (Å²) >= 11 is 0.